The number of aromatic nitrogens is 1. The molecule has 76 valence electrons. The molecular weight excluding hydrogens is 250 g/mol. The van der Waals surface area contributed by atoms with Crippen molar-refractivity contribution in [2.24, 2.45) is 0 Å². The van der Waals surface area contributed by atoms with E-state index in [2.05, 4.69) is 25.7 Å². The van der Waals surface area contributed by atoms with E-state index in [1.165, 1.54) is 13.3 Å². The van der Waals surface area contributed by atoms with Crippen molar-refractivity contribution in [3.63, 3.8) is 0 Å². The maximum Gasteiger partial charge on any atom is 0.360 e. The van der Waals surface area contributed by atoms with Gasteiger partial charge in [0.25, 0.3) is 0 Å². The molecule has 0 fully saturated rings. The van der Waals surface area contributed by atoms with E-state index in [0.717, 1.165) is 4.47 Å². The maximum atomic E-state index is 11.2. The molecule has 0 spiro atoms. The zero-order valence-electron chi connectivity index (χ0n) is 7.91. The van der Waals surface area contributed by atoms with Gasteiger partial charge in [0.1, 0.15) is 0 Å². The first-order chi connectivity index (χ1) is 6.69. The lowest BCUT2D eigenvalue weighted by molar-refractivity contribution is 0.0589. The van der Waals surface area contributed by atoms with Gasteiger partial charge in [-0.1, -0.05) is 0 Å². The number of hydrogen-bond acceptors (Lipinski definition) is 4. The van der Waals surface area contributed by atoms with E-state index >= 15 is 0 Å². The Bertz CT molecular complexity index is 341. The predicted molar refractivity (Wildman–Crippen MR) is 54.4 cm³/mol. The summed E-state index contributed by atoms with van der Waals surface area (Å²) in [5.74, 6) is -0.0744. The Morgan fingerprint density at radius 1 is 1.64 bits per heavy atom. The average molecular weight is 260 g/mol. The van der Waals surface area contributed by atoms with Gasteiger partial charge in [-0.3, -0.25) is 0 Å². The van der Waals surface area contributed by atoms with Crippen molar-refractivity contribution in [2.75, 3.05) is 13.7 Å². The third-order valence-electron chi connectivity index (χ3n) is 1.50. The number of carbonyl (C=O) groups is 1. The van der Waals surface area contributed by atoms with Crippen molar-refractivity contribution < 1.29 is 14.3 Å². The zero-order chi connectivity index (χ0) is 10.6. The normalized spacial score (nSPS) is 9.64. The van der Waals surface area contributed by atoms with Gasteiger partial charge in [-0.25, -0.2) is 9.78 Å². The summed E-state index contributed by atoms with van der Waals surface area (Å²) in [5.41, 5.74) is 0.192. The van der Waals surface area contributed by atoms with Crippen LogP contribution in [0.5, 0.6) is 5.75 Å². The highest BCUT2D eigenvalue weighted by molar-refractivity contribution is 9.10. The number of halogens is 1. The fourth-order valence-corrected chi connectivity index (χ4v) is 1.25. The molecule has 0 unspecified atom stereocenters. The maximum absolute atomic E-state index is 11.2. The van der Waals surface area contributed by atoms with Crippen LogP contribution < -0.4 is 4.74 Å². The van der Waals surface area contributed by atoms with E-state index in [1.54, 1.807) is 6.07 Å². The number of hydrogen-bond donors (Lipinski definition) is 0. The molecule has 0 saturated heterocycles. The molecule has 0 amide bonds. The molecule has 0 radical (unpaired) electrons. The zero-order valence-corrected chi connectivity index (χ0v) is 9.50. The highest BCUT2D eigenvalue weighted by atomic mass is 79.9. The predicted octanol–water partition coefficient (Wildman–Crippen LogP) is 2.03. The Morgan fingerprint density at radius 2 is 2.36 bits per heavy atom. The first-order valence-electron chi connectivity index (χ1n) is 4.05. The Balaban J connectivity index is 3.07. The molecule has 1 aromatic rings. The Morgan fingerprint density at radius 3 is 2.93 bits per heavy atom. The van der Waals surface area contributed by atoms with Crippen LogP contribution in [-0.4, -0.2) is 24.7 Å². The van der Waals surface area contributed by atoms with Gasteiger partial charge in [-0.15, -0.1) is 0 Å². The Labute approximate surface area is 90.4 Å². The number of ether oxygens (including phenoxy) is 2. The minimum atomic E-state index is -0.499. The van der Waals surface area contributed by atoms with Crippen molar-refractivity contribution in [1.29, 1.82) is 0 Å². The highest BCUT2D eigenvalue weighted by Crippen LogP contribution is 2.21. The molecule has 0 aliphatic rings. The molecule has 1 aromatic heterocycles. The fraction of sp³-hybridized carbons (Fsp3) is 0.333. The van der Waals surface area contributed by atoms with Gasteiger partial charge in [-0.05, 0) is 28.9 Å². The lowest BCUT2D eigenvalue weighted by Crippen LogP contribution is -2.07. The third kappa shape index (κ3) is 2.45. The van der Waals surface area contributed by atoms with Crippen molar-refractivity contribution >= 4 is 21.9 Å². The van der Waals surface area contributed by atoms with Crippen molar-refractivity contribution in [3.8, 4) is 5.75 Å². The highest BCUT2D eigenvalue weighted by Gasteiger charge is 2.14. The van der Waals surface area contributed by atoms with E-state index in [9.17, 15) is 4.79 Å². The fourth-order valence-electron chi connectivity index (χ4n) is 0.936. The molecule has 5 heteroatoms. The van der Waals surface area contributed by atoms with E-state index in [4.69, 9.17) is 4.74 Å². The topological polar surface area (TPSA) is 48.4 Å². The van der Waals surface area contributed by atoms with Gasteiger partial charge in [0, 0.05) is 10.7 Å². The number of carbonyl (C=O) groups excluding carboxylic acids is 1. The Kier molecular flexibility index (Phi) is 3.88. The van der Waals surface area contributed by atoms with Crippen LogP contribution in [0.3, 0.4) is 0 Å². The number of methoxy groups -OCH3 is 1. The van der Waals surface area contributed by atoms with E-state index in [0.29, 0.717) is 12.4 Å². The molecule has 0 aliphatic heterocycles. The van der Waals surface area contributed by atoms with Crippen LogP contribution in [0.2, 0.25) is 0 Å². The van der Waals surface area contributed by atoms with Gasteiger partial charge >= 0.3 is 5.97 Å². The summed E-state index contributed by atoms with van der Waals surface area (Å²) in [6.07, 6.45) is 1.52. The number of esters is 1. The number of nitrogens with zero attached hydrogens (tertiary/aromatic N) is 1. The second kappa shape index (κ2) is 4.95. The molecule has 0 N–H and O–H groups in total. The monoisotopic (exact) mass is 259 g/mol. The number of rotatable bonds is 3. The van der Waals surface area contributed by atoms with E-state index < -0.39 is 5.97 Å². The molecule has 0 atom stereocenters. The van der Waals surface area contributed by atoms with Crippen LogP contribution in [0, 0.1) is 0 Å². The minimum absolute atomic E-state index is 0.192. The summed E-state index contributed by atoms with van der Waals surface area (Å²) < 4.78 is 10.6. The van der Waals surface area contributed by atoms with Crippen molar-refractivity contribution in [1.82, 2.24) is 4.98 Å². The van der Waals surface area contributed by atoms with Crippen LogP contribution in [0.1, 0.15) is 17.4 Å². The van der Waals surface area contributed by atoms with Crippen molar-refractivity contribution in [3.05, 3.63) is 22.4 Å². The van der Waals surface area contributed by atoms with Crippen LogP contribution >= 0.6 is 15.9 Å². The molecule has 0 aromatic carbocycles. The van der Waals surface area contributed by atoms with Gasteiger partial charge in [0.2, 0.25) is 0 Å². The second-order valence-corrected chi connectivity index (χ2v) is 3.34. The molecule has 4 nitrogen and oxygen atoms in total. The smallest absolute Gasteiger partial charge is 0.360 e. The lowest BCUT2D eigenvalue weighted by Gasteiger charge is -2.07. The molecule has 1 heterocycles. The Hall–Kier alpha value is -1.10. The van der Waals surface area contributed by atoms with Crippen LogP contribution in [-0.2, 0) is 4.74 Å². The van der Waals surface area contributed by atoms with E-state index in [-0.39, 0.29) is 5.69 Å². The van der Waals surface area contributed by atoms with Gasteiger partial charge in [0.15, 0.2) is 11.4 Å². The summed E-state index contributed by atoms with van der Waals surface area (Å²) in [6.45, 7) is 2.31. The minimum Gasteiger partial charge on any atom is -0.491 e. The first-order valence-corrected chi connectivity index (χ1v) is 4.85. The first kappa shape index (κ1) is 11.0. The van der Waals surface area contributed by atoms with Crippen molar-refractivity contribution in [2.45, 2.75) is 6.92 Å². The molecular formula is C9H10BrNO3. The summed E-state index contributed by atoms with van der Waals surface area (Å²) in [6, 6.07) is 1.68. The average Bonchev–Trinajstić information content (AvgIpc) is 2.17. The lowest BCUT2D eigenvalue weighted by atomic mass is 10.3. The SMILES string of the molecule is CCOc1cc(Br)cnc1C(=O)OC. The summed E-state index contributed by atoms with van der Waals surface area (Å²) >= 11 is 3.24. The van der Waals surface area contributed by atoms with Gasteiger partial charge in [0.05, 0.1) is 13.7 Å². The third-order valence-corrected chi connectivity index (χ3v) is 1.93. The van der Waals surface area contributed by atoms with Crippen LogP contribution in [0.25, 0.3) is 0 Å². The molecule has 0 bridgehead atoms. The molecule has 1 rings (SSSR count). The van der Waals surface area contributed by atoms with Gasteiger partial charge < -0.3 is 9.47 Å². The summed E-state index contributed by atoms with van der Waals surface area (Å²) in [7, 11) is 1.31. The largest absolute Gasteiger partial charge is 0.491 e. The summed E-state index contributed by atoms with van der Waals surface area (Å²) in [5, 5.41) is 0. The molecule has 14 heavy (non-hydrogen) atoms. The molecule has 0 saturated carbocycles. The summed E-state index contributed by atoms with van der Waals surface area (Å²) in [4.78, 5) is 15.2. The quantitative estimate of drug-likeness (QED) is 0.780. The van der Waals surface area contributed by atoms with E-state index in [1.807, 2.05) is 6.92 Å². The molecule has 0 aliphatic carbocycles. The standard InChI is InChI=1S/C9H10BrNO3/c1-3-14-7-4-6(10)5-11-8(7)9(12)13-2/h4-5H,3H2,1-2H3. The number of pyridine rings is 1. The van der Waals surface area contributed by atoms with Gasteiger partial charge in [-0.2, -0.15) is 0 Å². The second-order valence-electron chi connectivity index (χ2n) is 2.42. The van der Waals surface area contributed by atoms with Crippen LogP contribution in [0.15, 0.2) is 16.7 Å². The van der Waals surface area contributed by atoms with Crippen LogP contribution in [0.4, 0.5) is 0 Å².